The minimum atomic E-state index is -0.731. The Kier molecular flexibility index (Phi) is 3.60. The molecule has 2 aliphatic heterocycles. The minimum Gasteiger partial charge on any atom is -0.339 e. The Hall–Kier alpha value is -3.02. The number of hydrogen-bond acceptors (Lipinski definition) is 3. The number of likely N-dealkylation sites (tertiary alicyclic amines) is 1. The van der Waals surface area contributed by atoms with Gasteiger partial charge in [-0.15, -0.1) is 0 Å². The molecule has 0 N–H and O–H groups in total. The molecule has 2 aromatic rings. The van der Waals surface area contributed by atoms with E-state index in [0.29, 0.717) is 24.2 Å². The van der Waals surface area contributed by atoms with Crippen molar-refractivity contribution in [2.45, 2.75) is 12.8 Å². The number of carbonyl (C=O) groups is 3. The maximum atomic E-state index is 14.5. The normalized spacial score (nSPS) is 16.5. The van der Waals surface area contributed by atoms with E-state index < -0.39 is 17.6 Å². The SMILES string of the molecule is O=C(c1ccc(N2C(=O)c3ccccc3C2=O)cc1F)N1CCCC1. The first-order valence-electron chi connectivity index (χ1n) is 8.14. The predicted molar refractivity (Wildman–Crippen MR) is 89.1 cm³/mol. The van der Waals surface area contributed by atoms with E-state index in [2.05, 4.69) is 0 Å². The molecule has 6 heteroatoms. The Morgan fingerprint density at radius 2 is 1.52 bits per heavy atom. The lowest BCUT2D eigenvalue weighted by Gasteiger charge is -2.18. The van der Waals surface area contributed by atoms with Crippen molar-refractivity contribution in [3.8, 4) is 0 Å². The first-order chi connectivity index (χ1) is 12.1. The summed E-state index contributed by atoms with van der Waals surface area (Å²) in [7, 11) is 0. The number of amides is 3. The molecule has 5 nitrogen and oxygen atoms in total. The summed E-state index contributed by atoms with van der Waals surface area (Å²) in [6.07, 6.45) is 1.83. The Balaban J connectivity index is 1.67. The van der Waals surface area contributed by atoms with Gasteiger partial charge in [0.2, 0.25) is 0 Å². The molecule has 3 amide bonds. The maximum Gasteiger partial charge on any atom is 0.266 e. The predicted octanol–water partition coefficient (Wildman–Crippen LogP) is 2.86. The van der Waals surface area contributed by atoms with E-state index >= 15 is 0 Å². The topological polar surface area (TPSA) is 57.7 Å². The molecule has 1 saturated heterocycles. The van der Waals surface area contributed by atoms with Crippen LogP contribution in [0.3, 0.4) is 0 Å². The van der Waals surface area contributed by atoms with Crippen LogP contribution in [0.4, 0.5) is 10.1 Å². The number of nitrogens with zero attached hydrogens (tertiary/aromatic N) is 2. The van der Waals surface area contributed by atoms with Crippen LogP contribution in [-0.2, 0) is 0 Å². The quantitative estimate of drug-likeness (QED) is 0.791. The smallest absolute Gasteiger partial charge is 0.266 e. The fourth-order valence-corrected chi connectivity index (χ4v) is 3.33. The van der Waals surface area contributed by atoms with Crippen molar-refractivity contribution in [2.24, 2.45) is 0 Å². The van der Waals surface area contributed by atoms with E-state index in [1.165, 1.54) is 12.1 Å². The number of benzene rings is 2. The monoisotopic (exact) mass is 338 g/mol. The second kappa shape index (κ2) is 5.81. The van der Waals surface area contributed by atoms with Crippen molar-refractivity contribution >= 4 is 23.4 Å². The van der Waals surface area contributed by atoms with Crippen molar-refractivity contribution < 1.29 is 18.8 Å². The summed E-state index contributed by atoms with van der Waals surface area (Å²) in [6, 6.07) is 10.3. The molecule has 1 fully saturated rings. The summed E-state index contributed by atoms with van der Waals surface area (Å²) in [5.74, 6) is -2.06. The van der Waals surface area contributed by atoms with Gasteiger partial charge in [0, 0.05) is 13.1 Å². The van der Waals surface area contributed by atoms with Gasteiger partial charge in [0.15, 0.2) is 0 Å². The van der Waals surface area contributed by atoms with Crippen LogP contribution in [0.1, 0.15) is 43.9 Å². The van der Waals surface area contributed by atoms with Crippen molar-refractivity contribution in [2.75, 3.05) is 18.0 Å². The molecule has 0 radical (unpaired) electrons. The summed E-state index contributed by atoms with van der Waals surface area (Å²) in [5.41, 5.74) is 0.680. The minimum absolute atomic E-state index is 0.0396. The zero-order valence-corrected chi connectivity index (χ0v) is 13.4. The summed E-state index contributed by atoms with van der Waals surface area (Å²) >= 11 is 0. The zero-order chi connectivity index (χ0) is 17.6. The van der Waals surface area contributed by atoms with Crippen LogP contribution in [0, 0.1) is 5.82 Å². The van der Waals surface area contributed by atoms with Crippen molar-refractivity contribution in [1.29, 1.82) is 0 Å². The first-order valence-corrected chi connectivity index (χ1v) is 8.14. The Morgan fingerprint density at radius 3 is 2.08 bits per heavy atom. The highest BCUT2D eigenvalue weighted by Crippen LogP contribution is 2.29. The van der Waals surface area contributed by atoms with Crippen molar-refractivity contribution in [3.63, 3.8) is 0 Å². The van der Waals surface area contributed by atoms with E-state index in [0.717, 1.165) is 23.8 Å². The van der Waals surface area contributed by atoms with Gasteiger partial charge in [-0.2, -0.15) is 0 Å². The second-order valence-electron chi connectivity index (χ2n) is 6.15. The third kappa shape index (κ3) is 2.41. The van der Waals surface area contributed by atoms with Crippen LogP contribution < -0.4 is 4.90 Å². The zero-order valence-electron chi connectivity index (χ0n) is 13.4. The van der Waals surface area contributed by atoms with E-state index in [1.807, 2.05) is 0 Å². The lowest BCUT2D eigenvalue weighted by Crippen LogP contribution is -2.30. The average Bonchev–Trinajstić information content (AvgIpc) is 3.23. The standard InChI is InChI=1S/C19H15FN2O3/c20-16-11-12(7-8-15(16)17(23)21-9-3-4-10-21)22-18(24)13-5-1-2-6-14(13)19(22)25/h1-2,5-8,11H,3-4,9-10H2. The van der Waals surface area contributed by atoms with Gasteiger partial charge >= 0.3 is 0 Å². The number of fused-ring (bicyclic) bond motifs is 1. The highest BCUT2D eigenvalue weighted by atomic mass is 19.1. The lowest BCUT2D eigenvalue weighted by molar-refractivity contribution is 0.0787. The van der Waals surface area contributed by atoms with Crippen molar-refractivity contribution in [3.05, 3.63) is 65.0 Å². The first kappa shape index (κ1) is 15.5. The summed E-state index contributed by atoms with van der Waals surface area (Å²) in [4.78, 5) is 39.8. The number of imide groups is 1. The van der Waals surface area contributed by atoms with Gasteiger partial charge in [0.25, 0.3) is 17.7 Å². The number of halogens is 1. The highest BCUT2D eigenvalue weighted by Gasteiger charge is 2.36. The average molecular weight is 338 g/mol. The third-order valence-corrected chi connectivity index (χ3v) is 4.63. The fourth-order valence-electron chi connectivity index (χ4n) is 3.33. The van der Waals surface area contributed by atoms with Crippen LogP contribution in [0.2, 0.25) is 0 Å². The largest absolute Gasteiger partial charge is 0.339 e. The molecule has 0 bridgehead atoms. The van der Waals surface area contributed by atoms with Crippen molar-refractivity contribution in [1.82, 2.24) is 4.90 Å². The molecule has 2 aromatic carbocycles. The van der Waals surface area contributed by atoms with Gasteiger partial charge in [-0.05, 0) is 43.2 Å². The Labute approximate surface area is 143 Å². The summed E-state index contributed by atoms with van der Waals surface area (Å²) < 4.78 is 14.5. The molecule has 0 aromatic heterocycles. The molecule has 2 aliphatic rings. The second-order valence-corrected chi connectivity index (χ2v) is 6.15. The molecule has 2 heterocycles. The van der Waals surface area contributed by atoms with E-state index in [4.69, 9.17) is 0 Å². The summed E-state index contributed by atoms with van der Waals surface area (Å²) in [5, 5.41) is 0. The van der Waals surface area contributed by atoms with Crippen LogP contribution in [-0.4, -0.2) is 35.7 Å². The molecule has 4 rings (SSSR count). The highest BCUT2D eigenvalue weighted by molar-refractivity contribution is 6.34. The molecular weight excluding hydrogens is 323 g/mol. The van der Waals surface area contributed by atoms with Gasteiger partial charge in [0.1, 0.15) is 5.82 Å². The number of anilines is 1. The molecule has 0 aliphatic carbocycles. The number of rotatable bonds is 2. The molecule has 0 atom stereocenters. The van der Waals surface area contributed by atoms with E-state index in [-0.39, 0.29) is 17.2 Å². The van der Waals surface area contributed by atoms with Gasteiger partial charge in [-0.3, -0.25) is 14.4 Å². The van der Waals surface area contributed by atoms with Crippen LogP contribution in [0.25, 0.3) is 0 Å². The van der Waals surface area contributed by atoms with Gasteiger partial charge in [0.05, 0.1) is 22.4 Å². The molecule has 0 saturated carbocycles. The van der Waals surface area contributed by atoms with Gasteiger partial charge in [-0.1, -0.05) is 12.1 Å². The molecule has 25 heavy (non-hydrogen) atoms. The molecule has 0 spiro atoms. The third-order valence-electron chi connectivity index (χ3n) is 4.63. The lowest BCUT2D eigenvalue weighted by atomic mass is 10.1. The van der Waals surface area contributed by atoms with Gasteiger partial charge < -0.3 is 4.90 Å². The Morgan fingerprint density at radius 1 is 0.920 bits per heavy atom. The number of hydrogen-bond donors (Lipinski definition) is 0. The van der Waals surface area contributed by atoms with Gasteiger partial charge in [-0.25, -0.2) is 9.29 Å². The summed E-state index contributed by atoms with van der Waals surface area (Å²) in [6.45, 7) is 1.25. The fraction of sp³-hybridized carbons (Fsp3) is 0.211. The molecule has 0 unspecified atom stereocenters. The van der Waals surface area contributed by atoms with Crippen LogP contribution >= 0.6 is 0 Å². The molecule has 126 valence electrons. The van der Waals surface area contributed by atoms with Crippen LogP contribution in [0.5, 0.6) is 0 Å². The van der Waals surface area contributed by atoms with Crippen LogP contribution in [0.15, 0.2) is 42.5 Å². The van der Waals surface area contributed by atoms with E-state index in [1.54, 1.807) is 29.2 Å². The Bertz CT molecular complexity index is 868. The van der Waals surface area contributed by atoms with E-state index in [9.17, 15) is 18.8 Å². The maximum absolute atomic E-state index is 14.5. The number of carbonyl (C=O) groups excluding carboxylic acids is 3. The molecular formula is C19H15FN2O3.